The van der Waals surface area contributed by atoms with Gasteiger partial charge in [-0.15, -0.1) is 0 Å². The number of amides is 1. The summed E-state index contributed by atoms with van der Waals surface area (Å²) >= 11 is 0. The Morgan fingerprint density at radius 2 is 2.20 bits per heavy atom. The summed E-state index contributed by atoms with van der Waals surface area (Å²) in [5.74, 6) is 1.81. The molecule has 0 saturated carbocycles. The third kappa shape index (κ3) is 3.40. The van der Waals surface area contributed by atoms with Crippen LogP contribution in [0.3, 0.4) is 0 Å². The number of hydrogen-bond acceptors (Lipinski definition) is 3. The summed E-state index contributed by atoms with van der Waals surface area (Å²) in [4.78, 5) is 12.9. The van der Waals surface area contributed by atoms with E-state index in [4.69, 9.17) is 4.42 Å². The van der Waals surface area contributed by atoms with Gasteiger partial charge < -0.3 is 9.32 Å². The van der Waals surface area contributed by atoms with Gasteiger partial charge in [0, 0.05) is 14.1 Å². The number of rotatable bonds is 4. The van der Waals surface area contributed by atoms with E-state index in [1.807, 2.05) is 26.0 Å². The highest BCUT2D eigenvalue weighted by Crippen LogP contribution is 2.14. The Balaban J connectivity index is 2.43. The molecule has 1 atom stereocenters. The molecular weight excluding hydrogens is 192 g/mol. The van der Waals surface area contributed by atoms with Crippen LogP contribution < -0.4 is 5.32 Å². The van der Waals surface area contributed by atoms with Crippen molar-refractivity contribution in [2.45, 2.75) is 19.9 Å². The second-order valence-electron chi connectivity index (χ2n) is 3.84. The van der Waals surface area contributed by atoms with Crippen LogP contribution in [-0.4, -0.2) is 31.4 Å². The van der Waals surface area contributed by atoms with Gasteiger partial charge in [-0.05, 0) is 26.0 Å². The number of carbonyl (C=O) groups is 1. The van der Waals surface area contributed by atoms with E-state index in [9.17, 15) is 4.79 Å². The maximum absolute atomic E-state index is 11.3. The second-order valence-corrected chi connectivity index (χ2v) is 3.84. The van der Waals surface area contributed by atoms with Gasteiger partial charge in [0.1, 0.15) is 11.5 Å². The van der Waals surface area contributed by atoms with Gasteiger partial charge in [0.2, 0.25) is 5.91 Å². The molecule has 1 rings (SSSR count). The smallest absolute Gasteiger partial charge is 0.236 e. The monoisotopic (exact) mass is 210 g/mol. The molecule has 1 N–H and O–H groups in total. The van der Waals surface area contributed by atoms with Gasteiger partial charge >= 0.3 is 0 Å². The number of hydrogen-bond donors (Lipinski definition) is 1. The first kappa shape index (κ1) is 11.8. The summed E-state index contributed by atoms with van der Waals surface area (Å²) in [6.07, 6.45) is 0. The van der Waals surface area contributed by atoms with Gasteiger partial charge in [-0.2, -0.15) is 0 Å². The number of furan rings is 1. The third-order valence-corrected chi connectivity index (χ3v) is 2.25. The van der Waals surface area contributed by atoms with Crippen LogP contribution in [0.1, 0.15) is 24.5 Å². The Bertz CT molecular complexity index is 331. The molecule has 0 fully saturated rings. The quantitative estimate of drug-likeness (QED) is 0.815. The molecule has 15 heavy (non-hydrogen) atoms. The zero-order chi connectivity index (χ0) is 11.4. The van der Waals surface area contributed by atoms with Crippen LogP contribution >= 0.6 is 0 Å². The van der Waals surface area contributed by atoms with Crippen molar-refractivity contribution in [1.82, 2.24) is 10.2 Å². The lowest BCUT2D eigenvalue weighted by atomic mass is 10.2. The predicted octanol–water partition coefficient (Wildman–Crippen LogP) is 1.33. The van der Waals surface area contributed by atoms with Gasteiger partial charge in [0.25, 0.3) is 0 Å². The molecule has 4 heteroatoms. The fraction of sp³-hybridized carbons (Fsp3) is 0.545. The molecule has 0 aliphatic carbocycles. The molecule has 1 aromatic rings. The lowest BCUT2D eigenvalue weighted by Gasteiger charge is -2.14. The Labute approximate surface area is 90.3 Å². The van der Waals surface area contributed by atoms with Crippen molar-refractivity contribution < 1.29 is 9.21 Å². The zero-order valence-corrected chi connectivity index (χ0v) is 9.70. The summed E-state index contributed by atoms with van der Waals surface area (Å²) in [5, 5.41) is 3.11. The van der Waals surface area contributed by atoms with Gasteiger partial charge in [0.15, 0.2) is 0 Å². The highest BCUT2D eigenvalue weighted by atomic mass is 16.3. The van der Waals surface area contributed by atoms with Crippen LogP contribution in [0, 0.1) is 6.92 Å². The Hall–Kier alpha value is -1.29. The minimum absolute atomic E-state index is 0.0580. The summed E-state index contributed by atoms with van der Waals surface area (Å²) in [5.41, 5.74) is 0. The fourth-order valence-corrected chi connectivity index (χ4v) is 1.19. The molecule has 4 nitrogen and oxygen atoms in total. The fourth-order valence-electron chi connectivity index (χ4n) is 1.19. The van der Waals surface area contributed by atoms with Crippen LogP contribution in [0.5, 0.6) is 0 Å². The van der Waals surface area contributed by atoms with Crippen LogP contribution in [0.4, 0.5) is 0 Å². The number of aryl methyl sites for hydroxylation is 1. The standard InChI is InChI=1S/C11H18N2O2/c1-8-5-6-10(15-8)9(2)12-7-11(14)13(3)4/h5-6,9,12H,7H2,1-4H3/t9-/m1/s1. The molecule has 1 amide bonds. The van der Waals surface area contributed by atoms with Crippen molar-refractivity contribution in [3.8, 4) is 0 Å². The molecular formula is C11H18N2O2. The number of nitrogens with one attached hydrogen (secondary N) is 1. The number of nitrogens with zero attached hydrogens (tertiary/aromatic N) is 1. The summed E-state index contributed by atoms with van der Waals surface area (Å²) in [7, 11) is 3.48. The largest absolute Gasteiger partial charge is 0.465 e. The van der Waals surface area contributed by atoms with E-state index in [0.29, 0.717) is 6.54 Å². The molecule has 0 unspecified atom stereocenters. The first-order valence-corrected chi connectivity index (χ1v) is 5.00. The first-order chi connectivity index (χ1) is 7.00. The van der Waals surface area contributed by atoms with Crippen LogP contribution in [-0.2, 0) is 4.79 Å². The van der Waals surface area contributed by atoms with Gasteiger partial charge in [-0.25, -0.2) is 0 Å². The molecule has 0 aliphatic heterocycles. The summed E-state index contributed by atoms with van der Waals surface area (Å²) in [6, 6.07) is 3.90. The molecule has 0 spiro atoms. The van der Waals surface area contributed by atoms with E-state index in [1.54, 1.807) is 19.0 Å². The Kier molecular flexibility index (Phi) is 3.91. The van der Waals surface area contributed by atoms with Crippen LogP contribution in [0.15, 0.2) is 16.5 Å². The van der Waals surface area contributed by atoms with Gasteiger partial charge in [-0.3, -0.25) is 10.1 Å². The van der Waals surface area contributed by atoms with Crippen LogP contribution in [0.2, 0.25) is 0 Å². The summed E-state index contributed by atoms with van der Waals surface area (Å²) in [6.45, 7) is 4.20. The van der Waals surface area contributed by atoms with Crippen molar-refractivity contribution in [3.63, 3.8) is 0 Å². The van der Waals surface area contributed by atoms with Crippen molar-refractivity contribution in [3.05, 3.63) is 23.7 Å². The van der Waals surface area contributed by atoms with E-state index in [0.717, 1.165) is 11.5 Å². The molecule has 1 aromatic heterocycles. The van der Waals surface area contributed by atoms with Crippen molar-refractivity contribution in [2.75, 3.05) is 20.6 Å². The molecule has 0 aliphatic rings. The van der Waals surface area contributed by atoms with Crippen molar-refractivity contribution >= 4 is 5.91 Å². The number of likely N-dealkylation sites (N-methyl/N-ethyl adjacent to an activating group) is 1. The first-order valence-electron chi connectivity index (χ1n) is 5.00. The number of carbonyl (C=O) groups excluding carboxylic acids is 1. The second kappa shape index (κ2) is 4.98. The minimum atomic E-state index is 0.0580. The molecule has 0 bridgehead atoms. The van der Waals surface area contributed by atoms with Crippen molar-refractivity contribution in [1.29, 1.82) is 0 Å². The lowest BCUT2D eigenvalue weighted by Crippen LogP contribution is -2.34. The maximum atomic E-state index is 11.3. The predicted molar refractivity (Wildman–Crippen MR) is 58.6 cm³/mol. The molecule has 0 radical (unpaired) electrons. The summed E-state index contributed by atoms with van der Waals surface area (Å²) < 4.78 is 5.45. The Morgan fingerprint density at radius 3 is 2.67 bits per heavy atom. The SMILES string of the molecule is Cc1ccc([C@@H](C)NCC(=O)N(C)C)o1. The molecule has 0 aromatic carbocycles. The topological polar surface area (TPSA) is 45.5 Å². The van der Waals surface area contributed by atoms with Crippen LogP contribution in [0.25, 0.3) is 0 Å². The highest BCUT2D eigenvalue weighted by molar-refractivity contribution is 5.77. The highest BCUT2D eigenvalue weighted by Gasteiger charge is 2.11. The van der Waals surface area contributed by atoms with Crippen molar-refractivity contribution in [2.24, 2.45) is 0 Å². The minimum Gasteiger partial charge on any atom is -0.465 e. The van der Waals surface area contributed by atoms with Gasteiger partial charge in [0.05, 0.1) is 12.6 Å². The van der Waals surface area contributed by atoms with E-state index in [2.05, 4.69) is 5.32 Å². The molecule has 0 saturated heterocycles. The maximum Gasteiger partial charge on any atom is 0.236 e. The average molecular weight is 210 g/mol. The average Bonchev–Trinajstić information content (AvgIpc) is 2.60. The molecule has 1 heterocycles. The van der Waals surface area contributed by atoms with E-state index < -0.39 is 0 Å². The van der Waals surface area contributed by atoms with E-state index in [1.165, 1.54) is 0 Å². The zero-order valence-electron chi connectivity index (χ0n) is 9.70. The normalized spacial score (nSPS) is 12.5. The van der Waals surface area contributed by atoms with E-state index >= 15 is 0 Å². The Morgan fingerprint density at radius 1 is 1.53 bits per heavy atom. The third-order valence-electron chi connectivity index (χ3n) is 2.25. The van der Waals surface area contributed by atoms with E-state index in [-0.39, 0.29) is 11.9 Å². The van der Waals surface area contributed by atoms with Gasteiger partial charge in [-0.1, -0.05) is 0 Å². The molecule has 84 valence electrons. The lowest BCUT2D eigenvalue weighted by molar-refractivity contribution is -0.127.